The fraction of sp³-hybridized carbons (Fsp3) is 0. The molecule has 0 atom stereocenters. The predicted octanol–water partition coefficient (Wildman–Crippen LogP) is 4.45. The molecule has 0 bridgehead atoms. The molecule has 104 valence electrons. The van der Waals surface area contributed by atoms with Crippen LogP contribution in [0.4, 0.5) is 5.69 Å². The highest BCUT2D eigenvalue weighted by Gasteiger charge is 2.11. The molecule has 0 spiro atoms. The summed E-state index contributed by atoms with van der Waals surface area (Å²) >= 11 is 5.88. The van der Waals surface area contributed by atoms with Crippen molar-refractivity contribution in [1.29, 1.82) is 0 Å². The molecule has 3 rings (SSSR count). The summed E-state index contributed by atoms with van der Waals surface area (Å²) in [5, 5.41) is 10.4. The smallest absolute Gasteiger partial charge is 0.312 e. The number of benzene rings is 2. The summed E-state index contributed by atoms with van der Waals surface area (Å²) in [6, 6.07) is 16.4. The molecule has 5 heteroatoms. The minimum Gasteiger partial charge on any atom is -0.479 e. The van der Waals surface area contributed by atoms with Crippen molar-refractivity contribution in [1.82, 2.24) is 4.98 Å². The second kappa shape index (κ2) is 5.81. The lowest BCUT2D eigenvalue weighted by Gasteiger charge is -1.92. The molecular formula is C16H11ClN2O2. The molecule has 0 aliphatic heterocycles. The number of halogens is 1. The third-order valence-electron chi connectivity index (χ3n) is 2.80. The third kappa shape index (κ3) is 3.12. The van der Waals surface area contributed by atoms with Gasteiger partial charge >= 0.3 is 5.95 Å². The summed E-state index contributed by atoms with van der Waals surface area (Å²) in [7, 11) is 0. The van der Waals surface area contributed by atoms with E-state index in [1.165, 1.54) is 6.21 Å². The molecule has 0 saturated carbocycles. The van der Waals surface area contributed by atoms with Gasteiger partial charge in [-0.25, -0.2) is 4.98 Å². The molecule has 0 unspecified atom stereocenters. The second-order valence-corrected chi connectivity index (χ2v) is 4.75. The first-order valence-electron chi connectivity index (χ1n) is 6.27. The minimum absolute atomic E-state index is 0.264. The van der Waals surface area contributed by atoms with Crippen molar-refractivity contribution in [3.63, 3.8) is 0 Å². The molecule has 2 aromatic carbocycles. The van der Waals surface area contributed by atoms with E-state index in [0.29, 0.717) is 16.6 Å². The lowest BCUT2D eigenvalue weighted by molar-refractivity contribution is 0.337. The summed E-state index contributed by atoms with van der Waals surface area (Å²) in [6.45, 7) is 0. The number of oxazole rings is 1. The van der Waals surface area contributed by atoms with Gasteiger partial charge in [0.25, 0.3) is 0 Å². The molecule has 3 aromatic rings. The molecule has 21 heavy (non-hydrogen) atoms. The van der Waals surface area contributed by atoms with Gasteiger partial charge in [0, 0.05) is 10.6 Å². The van der Waals surface area contributed by atoms with Crippen LogP contribution in [0.3, 0.4) is 0 Å². The van der Waals surface area contributed by atoms with Crippen LogP contribution in [0.2, 0.25) is 5.02 Å². The molecule has 0 radical (unpaired) electrons. The monoisotopic (exact) mass is 298 g/mol. The maximum Gasteiger partial charge on any atom is 0.312 e. The van der Waals surface area contributed by atoms with Gasteiger partial charge in [-0.15, -0.1) is 0 Å². The zero-order chi connectivity index (χ0) is 14.7. The second-order valence-electron chi connectivity index (χ2n) is 4.31. The summed E-state index contributed by atoms with van der Waals surface area (Å²) in [5.41, 5.74) is 1.73. The molecule has 0 amide bonds. The fourth-order valence-corrected chi connectivity index (χ4v) is 1.99. The summed E-state index contributed by atoms with van der Waals surface area (Å²) in [4.78, 5) is 8.43. The van der Waals surface area contributed by atoms with Crippen molar-refractivity contribution >= 4 is 23.5 Å². The Morgan fingerprint density at radius 1 is 1.10 bits per heavy atom. The van der Waals surface area contributed by atoms with Crippen molar-refractivity contribution in [2.24, 2.45) is 4.99 Å². The van der Waals surface area contributed by atoms with Gasteiger partial charge in [-0.3, -0.25) is 4.99 Å². The zero-order valence-electron chi connectivity index (χ0n) is 10.9. The molecule has 4 nitrogen and oxygen atoms in total. The van der Waals surface area contributed by atoms with E-state index in [4.69, 9.17) is 16.0 Å². The van der Waals surface area contributed by atoms with Crippen LogP contribution in [0.1, 0.15) is 5.69 Å². The van der Waals surface area contributed by atoms with Gasteiger partial charge in [0.2, 0.25) is 5.89 Å². The summed E-state index contributed by atoms with van der Waals surface area (Å²) < 4.78 is 5.24. The number of hydrogen-bond donors (Lipinski definition) is 1. The largest absolute Gasteiger partial charge is 0.479 e. The molecule has 0 fully saturated rings. The van der Waals surface area contributed by atoms with E-state index in [1.54, 1.807) is 24.3 Å². The van der Waals surface area contributed by atoms with Gasteiger partial charge in [0.15, 0.2) is 5.69 Å². The van der Waals surface area contributed by atoms with Gasteiger partial charge < -0.3 is 9.52 Å². The van der Waals surface area contributed by atoms with Crippen LogP contribution < -0.4 is 0 Å². The van der Waals surface area contributed by atoms with Crippen LogP contribution in [-0.2, 0) is 0 Å². The third-order valence-corrected chi connectivity index (χ3v) is 3.03. The standard InChI is InChI=1S/C16H11ClN2O2/c17-12-7-4-8-13(9-12)18-10-14-16(20)21-15(19-14)11-5-2-1-3-6-11/h1-10,20H. The molecule has 0 aliphatic carbocycles. The minimum atomic E-state index is -0.264. The van der Waals surface area contributed by atoms with Crippen LogP contribution in [0.15, 0.2) is 64.0 Å². The highest BCUT2D eigenvalue weighted by atomic mass is 35.5. The molecule has 1 heterocycles. The number of nitrogens with zero attached hydrogens (tertiary/aromatic N) is 2. The van der Waals surface area contributed by atoms with Crippen LogP contribution in [0.25, 0.3) is 11.5 Å². The number of hydrogen-bond acceptors (Lipinski definition) is 4. The van der Waals surface area contributed by atoms with E-state index >= 15 is 0 Å². The average Bonchev–Trinajstić information content (AvgIpc) is 2.87. The first kappa shape index (κ1) is 13.4. The Kier molecular flexibility index (Phi) is 3.71. The number of aromatic hydroxyl groups is 1. The van der Waals surface area contributed by atoms with Crippen molar-refractivity contribution < 1.29 is 9.52 Å². The SMILES string of the molecule is Oc1oc(-c2ccccc2)nc1C=Nc1cccc(Cl)c1. The van der Waals surface area contributed by atoms with Gasteiger partial charge in [0.1, 0.15) is 0 Å². The Morgan fingerprint density at radius 2 is 1.90 bits per heavy atom. The van der Waals surface area contributed by atoms with Gasteiger partial charge in [0.05, 0.1) is 11.9 Å². The summed E-state index contributed by atoms with van der Waals surface area (Å²) in [6.07, 6.45) is 1.44. The van der Waals surface area contributed by atoms with Crippen molar-refractivity contribution in [2.45, 2.75) is 0 Å². The van der Waals surface area contributed by atoms with Crippen LogP contribution >= 0.6 is 11.6 Å². The topological polar surface area (TPSA) is 58.6 Å². The lowest BCUT2D eigenvalue weighted by Crippen LogP contribution is -1.82. The Bertz CT molecular complexity index is 782. The predicted molar refractivity (Wildman–Crippen MR) is 82.3 cm³/mol. The van der Waals surface area contributed by atoms with E-state index in [2.05, 4.69) is 9.98 Å². The molecule has 1 N–H and O–H groups in total. The van der Waals surface area contributed by atoms with Gasteiger partial charge in [-0.2, -0.15) is 0 Å². The lowest BCUT2D eigenvalue weighted by atomic mass is 10.2. The number of rotatable bonds is 3. The van der Waals surface area contributed by atoms with E-state index in [0.717, 1.165) is 5.56 Å². The van der Waals surface area contributed by atoms with E-state index < -0.39 is 0 Å². The Morgan fingerprint density at radius 3 is 2.67 bits per heavy atom. The Labute approximate surface area is 126 Å². The van der Waals surface area contributed by atoms with E-state index in [-0.39, 0.29) is 11.6 Å². The first-order valence-corrected chi connectivity index (χ1v) is 6.65. The van der Waals surface area contributed by atoms with Crippen LogP contribution in [-0.4, -0.2) is 16.3 Å². The van der Waals surface area contributed by atoms with Gasteiger partial charge in [-0.05, 0) is 30.3 Å². The quantitative estimate of drug-likeness (QED) is 0.727. The highest BCUT2D eigenvalue weighted by Crippen LogP contribution is 2.26. The fourth-order valence-electron chi connectivity index (χ4n) is 1.80. The Balaban J connectivity index is 1.88. The normalized spacial score (nSPS) is 11.1. The van der Waals surface area contributed by atoms with Crippen molar-refractivity contribution in [3.05, 3.63) is 65.3 Å². The summed E-state index contributed by atoms with van der Waals surface area (Å²) in [5.74, 6) is 0.0836. The first-order chi connectivity index (χ1) is 10.2. The van der Waals surface area contributed by atoms with Gasteiger partial charge in [-0.1, -0.05) is 35.9 Å². The molecule has 0 saturated heterocycles. The maximum absolute atomic E-state index is 9.78. The van der Waals surface area contributed by atoms with E-state index in [9.17, 15) is 5.11 Å². The van der Waals surface area contributed by atoms with Crippen molar-refractivity contribution in [3.8, 4) is 17.4 Å². The number of aromatic nitrogens is 1. The number of aliphatic imine (C=N–C) groups is 1. The van der Waals surface area contributed by atoms with Crippen molar-refractivity contribution in [2.75, 3.05) is 0 Å². The highest BCUT2D eigenvalue weighted by molar-refractivity contribution is 6.30. The molecule has 0 aliphatic rings. The maximum atomic E-state index is 9.78. The van der Waals surface area contributed by atoms with E-state index in [1.807, 2.05) is 30.3 Å². The van der Waals surface area contributed by atoms with Crippen LogP contribution in [0.5, 0.6) is 5.95 Å². The average molecular weight is 299 g/mol. The Hall–Kier alpha value is -2.59. The van der Waals surface area contributed by atoms with Crippen LogP contribution in [0, 0.1) is 0 Å². The molecule has 1 aromatic heterocycles. The zero-order valence-corrected chi connectivity index (χ0v) is 11.7. The molecular weight excluding hydrogens is 288 g/mol.